The van der Waals surface area contributed by atoms with Crippen molar-refractivity contribution in [2.75, 3.05) is 6.54 Å². The van der Waals surface area contributed by atoms with Crippen LogP contribution in [-0.2, 0) is 11.2 Å². The standard InChI is InChI=1S/C24H24N2O2S/c1-17(25-24(28)19-10-6-3-7-11-19)16-22(27)26-14-12-21-20(13-15-29-21)23(26)18-8-4-2-5-9-18/h2-11,13,15,17,23H,12,14,16H2,1H3,(H,25,28)/t17-,23+/m1/s1. The molecular weight excluding hydrogens is 380 g/mol. The first kappa shape index (κ1) is 19.4. The third kappa shape index (κ3) is 4.25. The van der Waals surface area contributed by atoms with Crippen LogP contribution in [0.2, 0.25) is 0 Å². The highest BCUT2D eigenvalue weighted by Crippen LogP contribution is 2.38. The molecule has 0 spiro atoms. The Morgan fingerprint density at radius 3 is 2.48 bits per heavy atom. The molecule has 148 valence electrons. The number of nitrogens with zero attached hydrogens (tertiary/aromatic N) is 1. The maximum Gasteiger partial charge on any atom is 0.251 e. The Labute approximate surface area is 175 Å². The van der Waals surface area contributed by atoms with Crippen LogP contribution in [-0.4, -0.2) is 29.3 Å². The van der Waals surface area contributed by atoms with Crippen LogP contribution in [0.4, 0.5) is 0 Å². The van der Waals surface area contributed by atoms with E-state index >= 15 is 0 Å². The van der Waals surface area contributed by atoms with Crippen molar-refractivity contribution in [1.82, 2.24) is 10.2 Å². The van der Waals surface area contributed by atoms with E-state index in [1.807, 2.05) is 48.2 Å². The fourth-order valence-corrected chi connectivity index (χ4v) is 4.81. The van der Waals surface area contributed by atoms with Gasteiger partial charge in [0.05, 0.1) is 6.04 Å². The van der Waals surface area contributed by atoms with Crippen molar-refractivity contribution in [1.29, 1.82) is 0 Å². The fraction of sp³-hybridized carbons (Fsp3) is 0.250. The van der Waals surface area contributed by atoms with Gasteiger partial charge < -0.3 is 10.2 Å². The van der Waals surface area contributed by atoms with Gasteiger partial charge in [0.15, 0.2) is 0 Å². The van der Waals surface area contributed by atoms with Crippen molar-refractivity contribution in [3.8, 4) is 0 Å². The van der Waals surface area contributed by atoms with Crippen molar-refractivity contribution in [3.05, 3.63) is 93.7 Å². The fourth-order valence-electron chi connectivity index (χ4n) is 3.91. The molecule has 0 bridgehead atoms. The second-order valence-electron chi connectivity index (χ2n) is 7.39. The summed E-state index contributed by atoms with van der Waals surface area (Å²) in [5.41, 5.74) is 2.96. The molecule has 0 fully saturated rings. The van der Waals surface area contributed by atoms with Crippen molar-refractivity contribution >= 4 is 23.2 Å². The molecule has 29 heavy (non-hydrogen) atoms. The summed E-state index contributed by atoms with van der Waals surface area (Å²) in [4.78, 5) is 28.9. The molecule has 3 aromatic rings. The van der Waals surface area contributed by atoms with Gasteiger partial charge in [-0.2, -0.15) is 0 Å². The van der Waals surface area contributed by atoms with E-state index in [2.05, 4.69) is 28.9 Å². The largest absolute Gasteiger partial charge is 0.349 e. The van der Waals surface area contributed by atoms with E-state index in [4.69, 9.17) is 0 Å². The smallest absolute Gasteiger partial charge is 0.251 e. The molecule has 4 rings (SSSR count). The van der Waals surface area contributed by atoms with Crippen LogP contribution in [0, 0.1) is 0 Å². The summed E-state index contributed by atoms with van der Waals surface area (Å²) in [5.74, 6) is -0.0826. The highest BCUT2D eigenvalue weighted by molar-refractivity contribution is 7.10. The average Bonchev–Trinajstić information content (AvgIpc) is 3.23. The number of fused-ring (bicyclic) bond motifs is 1. The van der Waals surface area contributed by atoms with Gasteiger partial charge in [-0.15, -0.1) is 11.3 Å². The van der Waals surface area contributed by atoms with Gasteiger partial charge in [0.1, 0.15) is 0 Å². The minimum Gasteiger partial charge on any atom is -0.349 e. The molecule has 2 aromatic carbocycles. The van der Waals surface area contributed by atoms with Crippen LogP contribution in [0.5, 0.6) is 0 Å². The van der Waals surface area contributed by atoms with Gasteiger partial charge in [0.25, 0.3) is 5.91 Å². The lowest BCUT2D eigenvalue weighted by Gasteiger charge is -2.37. The summed E-state index contributed by atoms with van der Waals surface area (Å²) in [6, 6.07) is 21.1. The third-order valence-electron chi connectivity index (χ3n) is 5.30. The topological polar surface area (TPSA) is 49.4 Å². The number of amides is 2. The van der Waals surface area contributed by atoms with Crippen LogP contribution in [0.3, 0.4) is 0 Å². The minimum atomic E-state index is -0.240. The summed E-state index contributed by atoms with van der Waals surface area (Å²) in [6.07, 6.45) is 1.16. The SMILES string of the molecule is C[C@H](CC(=O)N1CCc2sccc2[C@@H]1c1ccccc1)NC(=O)c1ccccc1. The van der Waals surface area contributed by atoms with Gasteiger partial charge in [-0.25, -0.2) is 0 Å². The first-order valence-electron chi connectivity index (χ1n) is 9.90. The number of carbonyl (C=O) groups excluding carboxylic acids is 2. The Bertz CT molecular complexity index is 984. The lowest BCUT2D eigenvalue weighted by Crippen LogP contribution is -2.43. The highest BCUT2D eigenvalue weighted by Gasteiger charge is 2.33. The number of thiophene rings is 1. The zero-order chi connectivity index (χ0) is 20.2. The van der Waals surface area contributed by atoms with Crippen LogP contribution >= 0.6 is 11.3 Å². The van der Waals surface area contributed by atoms with E-state index in [9.17, 15) is 9.59 Å². The molecule has 1 aliphatic rings. The van der Waals surface area contributed by atoms with Crippen molar-refractivity contribution in [2.24, 2.45) is 0 Å². The first-order chi connectivity index (χ1) is 14.1. The van der Waals surface area contributed by atoms with Gasteiger partial charge in [-0.1, -0.05) is 48.5 Å². The molecule has 0 saturated heterocycles. The summed E-state index contributed by atoms with van der Waals surface area (Å²) < 4.78 is 0. The number of hydrogen-bond acceptors (Lipinski definition) is 3. The van der Waals surface area contributed by atoms with Gasteiger partial charge in [-0.3, -0.25) is 9.59 Å². The van der Waals surface area contributed by atoms with Gasteiger partial charge in [-0.05, 0) is 48.1 Å². The Kier molecular flexibility index (Phi) is 5.76. The Hall–Kier alpha value is -2.92. The Morgan fingerprint density at radius 1 is 1.07 bits per heavy atom. The monoisotopic (exact) mass is 404 g/mol. The van der Waals surface area contributed by atoms with Crippen LogP contribution in [0.15, 0.2) is 72.1 Å². The second kappa shape index (κ2) is 8.62. The first-order valence-corrected chi connectivity index (χ1v) is 10.8. The second-order valence-corrected chi connectivity index (χ2v) is 8.39. The Morgan fingerprint density at radius 2 is 1.76 bits per heavy atom. The molecule has 1 aliphatic heterocycles. The molecule has 2 amide bonds. The van der Waals surface area contributed by atoms with Gasteiger partial charge in [0, 0.05) is 29.4 Å². The van der Waals surface area contributed by atoms with Crippen LogP contribution in [0.25, 0.3) is 0 Å². The van der Waals surface area contributed by atoms with Crippen LogP contribution in [0.1, 0.15) is 45.7 Å². The maximum absolute atomic E-state index is 13.2. The third-order valence-corrected chi connectivity index (χ3v) is 6.29. The average molecular weight is 405 g/mol. The van der Waals surface area contributed by atoms with E-state index in [1.54, 1.807) is 23.5 Å². The molecule has 0 unspecified atom stereocenters. The van der Waals surface area contributed by atoms with E-state index in [-0.39, 0.29) is 30.3 Å². The predicted molar refractivity (Wildman–Crippen MR) is 116 cm³/mol. The minimum absolute atomic E-state index is 0.0595. The van der Waals surface area contributed by atoms with Gasteiger partial charge >= 0.3 is 0 Å². The number of carbonyl (C=O) groups is 2. The summed E-state index contributed by atoms with van der Waals surface area (Å²) in [7, 11) is 0. The lowest BCUT2D eigenvalue weighted by atomic mass is 9.92. The molecule has 0 saturated carbocycles. The number of rotatable bonds is 5. The molecule has 1 aromatic heterocycles. The zero-order valence-corrected chi connectivity index (χ0v) is 17.2. The normalized spacial score (nSPS) is 16.7. The molecule has 1 N–H and O–H groups in total. The quantitative estimate of drug-likeness (QED) is 0.684. The van der Waals surface area contributed by atoms with Gasteiger partial charge in [0.2, 0.25) is 5.91 Å². The summed E-state index contributed by atoms with van der Waals surface area (Å²) in [6.45, 7) is 2.58. The zero-order valence-electron chi connectivity index (χ0n) is 16.4. The molecule has 2 heterocycles. The lowest BCUT2D eigenvalue weighted by molar-refractivity contribution is -0.133. The molecule has 0 radical (unpaired) electrons. The predicted octanol–water partition coefficient (Wildman–Crippen LogP) is 4.43. The van der Waals surface area contributed by atoms with E-state index in [1.165, 1.54) is 10.4 Å². The van der Waals surface area contributed by atoms with Crippen molar-refractivity contribution in [3.63, 3.8) is 0 Å². The highest BCUT2D eigenvalue weighted by atomic mass is 32.1. The molecular formula is C24H24N2O2S. The number of nitrogens with one attached hydrogen (secondary N) is 1. The Balaban J connectivity index is 1.49. The number of hydrogen-bond donors (Lipinski definition) is 1. The summed E-state index contributed by atoms with van der Waals surface area (Å²) in [5, 5.41) is 5.06. The van der Waals surface area contributed by atoms with E-state index < -0.39 is 0 Å². The summed E-state index contributed by atoms with van der Waals surface area (Å²) >= 11 is 1.76. The number of benzene rings is 2. The molecule has 4 nitrogen and oxygen atoms in total. The van der Waals surface area contributed by atoms with E-state index in [0.29, 0.717) is 12.1 Å². The maximum atomic E-state index is 13.2. The molecule has 0 aliphatic carbocycles. The van der Waals surface area contributed by atoms with E-state index in [0.717, 1.165) is 12.0 Å². The molecule has 5 heteroatoms. The van der Waals surface area contributed by atoms with Crippen molar-refractivity contribution < 1.29 is 9.59 Å². The van der Waals surface area contributed by atoms with Crippen LogP contribution < -0.4 is 5.32 Å². The molecule has 2 atom stereocenters. The van der Waals surface area contributed by atoms with Crippen molar-refractivity contribution in [2.45, 2.75) is 31.8 Å².